The molecule has 0 fully saturated rings. The van der Waals surface area contributed by atoms with Crippen LogP contribution in [0.3, 0.4) is 0 Å². The minimum absolute atomic E-state index is 0. The van der Waals surface area contributed by atoms with Crippen molar-refractivity contribution >= 4 is 24.1 Å². The van der Waals surface area contributed by atoms with Crippen LogP contribution in [0.2, 0.25) is 0 Å². The second kappa shape index (κ2) is 6.82. The molecular formula is C10H13ClN2O4. The average molecular weight is 261 g/mol. The highest BCUT2D eigenvalue weighted by Crippen LogP contribution is 2.20. The van der Waals surface area contributed by atoms with E-state index in [2.05, 4.69) is 4.74 Å². The van der Waals surface area contributed by atoms with E-state index < -0.39 is 10.9 Å². The summed E-state index contributed by atoms with van der Waals surface area (Å²) in [7, 11) is 1.24. The zero-order chi connectivity index (χ0) is 12.1. The molecule has 1 rings (SSSR count). The number of esters is 1. The Bertz CT molecular complexity index is 423. The van der Waals surface area contributed by atoms with Crippen molar-refractivity contribution in [1.29, 1.82) is 0 Å². The van der Waals surface area contributed by atoms with Crippen LogP contribution in [-0.4, -0.2) is 18.0 Å². The number of carbonyl (C=O) groups excluding carboxylic acids is 1. The van der Waals surface area contributed by atoms with Gasteiger partial charge in [0.1, 0.15) is 0 Å². The molecule has 1 aromatic rings. The predicted molar refractivity (Wildman–Crippen MR) is 64.0 cm³/mol. The van der Waals surface area contributed by atoms with Crippen LogP contribution < -0.4 is 5.73 Å². The fourth-order valence-corrected chi connectivity index (χ4v) is 1.31. The summed E-state index contributed by atoms with van der Waals surface area (Å²) in [6.45, 7) is 0.270. The van der Waals surface area contributed by atoms with Gasteiger partial charge in [0.25, 0.3) is 5.69 Å². The SMILES string of the molecule is COC(=O)Cc1cc(CN)ccc1[N+](=O)[O-].Cl. The van der Waals surface area contributed by atoms with Crippen molar-refractivity contribution in [2.24, 2.45) is 5.73 Å². The third-order valence-electron chi connectivity index (χ3n) is 2.14. The summed E-state index contributed by atoms with van der Waals surface area (Å²) < 4.78 is 4.47. The van der Waals surface area contributed by atoms with Gasteiger partial charge in [0.2, 0.25) is 0 Å². The number of halogens is 1. The van der Waals surface area contributed by atoms with E-state index in [4.69, 9.17) is 5.73 Å². The minimum Gasteiger partial charge on any atom is -0.469 e. The van der Waals surface area contributed by atoms with Crippen LogP contribution in [0.25, 0.3) is 0 Å². The van der Waals surface area contributed by atoms with E-state index >= 15 is 0 Å². The van der Waals surface area contributed by atoms with E-state index in [-0.39, 0.29) is 31.1 Å². The summed E-state index contributed by atoms with van der Waals surface area (Å²) in [5.74, 6) is -0.516. The van der Waals surface area contributed by atoms with Crippen LogP contribution in [0.4, 0.5) is 5.69 Å². The molecule has 0 amide bonds. The van der Waals surface area contributed by atoms with Crippen LogP contribution in [-0.2, 0) is 22.5 Å². The maximum Gasteiger partial charge on any atom is 0.310 e. The fourth-order valence-electron chi connectivity index (χ4n) is 1.31. The first kappa shape index (κ1) is 15.3. The lowest BCUT2D eigenvalue weighted by atomic mass is 10.1. The normalized spacial score (nSPS) is 9.29. The molecule has 0 unspecified atom stereocenters. The number of benzene rings is 1. The molecule has 17 heavy (non-hydrogen) atoms. The van der Waals surface area contributed by atoms with Crippen LogP contribution in [0.1, 0.15) is 11.1 Å². The number of rotatable bonds is 4. The number of nitro benzene ring substituents is 1. The quantitative estimate of drug-likeness (QED) is 0.498. The number of ether oxygens (including phenoxy) is 1. The van der Waals surface area contributed by atoms with Gasteiger partial charge in [-0.05, 0) is 11.6 Å². The lowest BCUT2D eigenvalue weighted by molar-refractivity contribution is -0.385. The Hall–Kier alpha value is -1.66. The largest absolute Gasteiger partial charge is 0.469 e. The minimum atomic E-state index is -0.529. The fraction of sp³-hybridized carbons (Fsp3) is 0.300. The van der Waals surface area contributed by atoms with Gasteiger partial charge in [-0.25, -0.2) is 0 Å². The second-order valence-electron chi connectivity index (χ2n) is 3.18. The van der Waals surface area contributed by atoms with Gasteiger partial charge >= 0.3 is 5.97 Å². The molecule has 0 aliphatic rings. The number of hydrogen-bond donors (Lipinski definition) is 1. The molecule has 0 radical (unpaired) electrons. The zero-order valence-electron chi connectivity index (χ0n) is 9.21. The molecule has 0 atom stereocenters. The highest BCUT2D eigenvalue weighted by molar-refractivity contribution is 5.85. The van der Waals surface area contributed by atoms with E-state index in [1.54, 1.807) is 12.1 Å². The summed E-state index contributed by atoms with van der Waals surface area (Å²) >= 11 is 0. The van der Waals surface area contributed by atoms with Gasteiger partial charge in [-0.15, -0.1) is 12.4 Å². The highest BCUT2D eigenvalue weighted by atomic mass is 35.5. The standard InChI is InChI=1S/C10H12N2O4.ClH/c1-16-10(13)5-8-4-7(6-11)2-3-9(8)12(14)15;/h2-4H,5-6,11H2,1H3;1H. The second-order valence-corrected chi connectivity index (χ2v) is 3.18. The summed E-state index contributed by atoms with van der Waals surface area (Å²) in [5, 5.41) is 10.7. The number of carbonyl (C=O) groups is 1. The van der Waals surface area contributed by atoms with E-state index in [1.165, 1.54) is 13.2 Å². The molecule has 7 heteroatoms. The Morgan fingerprint density at radius 2 is 2.18 bits per heavy atom. The Morgan fingerprint density at radius 3 is 2.65 bits per heavy atom. The average Bonchev–Trinajstić information content (AvgIpc) is 2.28. The molecule has 2 N–H and O–H groups in total. The molecule has 0 saturated heterocycles. The maximum absolute atomic E-state index is 11.1. The Morgan fingerprint density at radius 1 is 1.53 bits per heavy atom. The zero-order valence-corrected chi connectivity index (χ0v) is 10.0. The third kappa shape index (κ3) is 4.01. The molecule has 0 spiro atoms. The van der Waals surface area contributed by atoms with Gasteiger partial charge in [-0.2, -0.15) is 0 Å². The van der Waals surface area contributed by atoms with Gasteiger partial charge in [0.15, 0.2) is 0 Å². The summed E-state index contributed by atoms with van der Waals surface area (Å²) in [4.78, 5) is 21.3. The first-order valence-corrected chi connectivity index (χ1v) is 4.61. The van der Waals surface area contributed by atoms with Crippen molar-refractivity contribution in [3.05, 3.63) is 39.4 Å². The Kier molecular flexibility index (Phi) is 6.16. The number of methoxy groups -OCH3 is 1. The topological polar surface area (TPSA) is 95.5 Å². The molecular weight excluding hydrogens is 248 g/mol. The smallest absolute Gasteiger partial charge is 0.310 e. The molecule has 0 aliphatic heterocycles. The number of nitrogens with two attached hydrogens (primary N) is 1. The van der Waals surface area contributed by atoms with Gasteiger partial charge in [0.05, 0.1) is 18.5 Å². The number of nitrogens with zero attached hydrogens (tertiary/aromatic N) is 1. The molecule has 0 aliphatic carbocycles. The van der Waals surface area contributed by atoms with Gasteiger partial charge < -0.3 is 10.5 Å². The first-order chi connectivity index (χ1) is 7.58. The molecule has 0 heterocycles. The van der Waals surface area contributed by atoms with Gasteiger partial charge in [-0.3, -0.25) is 14.9 Å². The number of hydrogen-bond acceptors (Lipinski definition) is 5. The molecule has 94 valence electrons. The van der Waals surface area contributed by atoms with Crippen LogP contribution >= 0.6 is 12.4 Å². The molecule has 0 bridgehead atoms. The summed E-state index contributed by atoms with van der Waals surface area (Å²) in [6, 6.07) is 4.47. The maximum atomic E-state index is 11.1. The van der Waals surface area contributed by atoms with Crippen molar-refractivity contribution in [3.63, 3.8) is 0 Å². The van der Waals surface area contributed by atoms with Gasteiger partial charge in [-0.1, -0.05) is 6.07 Å². The lowest BCUT2D eigenvalue weighted by Crippen LogP contribution is -2.08. The van der Waals surface area contributed by atoms with E-state index in [9.17, 15) is 14.9 Å². The van der Waals surface area contributed by atoms with Crippen LogP contribution in [0, 0.1) is 10.1 Å². The molecule has 1 aromatic carbocycles. The number of nitro groups is 1. The van der Waals surface area contributed by atoms with Crippen molar-refractivity contribution in [2.45, 2.75) is 13.0 Å². The first-order valence-electron chi connectivity index (χ1n) is 4.61. The Labute approximate surface area is 104 Å². The summed E-state index contributed by atoms with van der Waals surface area (Å²) in [5.41, 5.74) is 6.39. The lowest BCUT2D eigenvalue weighted by Gasteiger charge is -2.04. The van der Waals surface area contributed by atoms with Gasteiger partial charge in [0, 0.05) is 18.2 Å². The molecule has 0 aromatic heterocycles. The van der Waals surface area contributed by atoms with E-state index in [0.717, 1.165) is 5.56 Å². The third-order valence-corrected chi connectivity index (χ3v) is 2.14. The Balaban J connectivity index is 0.00000256. The van der Waals surface area contributed by atoms with E-state index in [0.29, 0.717) is 5.56 Å². The van der Waals surface area contributed by atoms with Crippen molar-refractivity contribution in [1.82, 2.24) is 0 Å². The molecule has 0 saturated carbocycles. The summed E-state index contributed by atoms with van der Waals surface area (Å²) in [6.07, 6.45) is -0.124. The van der Waals surface area contributed by atoms with Crippen molar-refractivity contribution in [3.8, 4) is 0 Å². The van der Waals surface area contributed by atoms with Crippen LogP contribution in [0.5, 0.6) is 0 Å². The predicted octanol–water partition coefficient (Wildman–Crippen LogP) is 1.19. The van der Waals surface area contributed by atoms with E-state index in [1.807, 2.05) is 0 Å². The highest BCUT2D eigenvalue weighted by Gasteiger charge is 2.16. The molecule has 6 nitrogen and oxygen atoms in total. The van der Waals surface area contributed by atoms with Crippen molar-refractivity contribution < 1.29 is 14.5 Å². The monoisotopic (exact) mass is 260 g/mol. The van der Waals surface area contributed by atoms with Crippen molar-refractivity contribution in [2.75, 3.05) is 7.11 Å². The van der Waals surface area contributed by atoms with Crippen LogP contribution in [0.15, 0.2) is 18.2 Å².